The molecule has 0 aromatic heterocycles. The molecule has 0 radical (unpaired) electrons. The molecule has 2 unspecified atom stereocenters. The molecule has 3 aliphatic rings. The van der Waals surface area contributed by atoms with Crippen LogP contribution in [-0.4, -0.2) is 91.8 Å². The molecule has 3 aliphatic heterocycles. The maximum Gasteiger partial charge on any atom is 0.319 e. The summed E-state index contributed by atoms with van der Waals surface area (Å²) in [5.41, 5.74) is 0. The molecule has 2 atom stereocenters. The highest BCUT2D eigenvalue weighted by Crippen LogP contribution is 2.14. The summed E-state index contributed by atoms with van der Waals surface area (Å²) in [5.74, 6) is 1.15. The Bertz CT molecular complexity index is 366. The van der Waals surface area contributed by atoms with E-state index in [1.165, 1.54) is 0 Å². The third-order valence-electron chi connectivity index (χ3n) is 4.81. The second-order valence-electron chi connectivity index (χ2n) is 7.02. The number of likely N-dealkylation sites (tertiary alicyclic amines) is 2. The SMILES string of the molecule is CC1CCN(C)C1=O.CC1CCN(C)C1=O.CN1CCN(C)C1=O. The van der Waals surface area contributed by atoms with Crippen LogP contribution in [0.3, 0.4) is 0 Å². The van der Waals surface area contributed by atoms with E-state index in [4.69, 9.17) is 0 Å². The van der Waals surface area contributed by atoms with Crippen molar-refractivity contribution in [1.29, 1.82) is 0 Å². The Hall–Kier alpha value is -1.79. The van der Waals surface area contributed by atoms with Crippen LogP contribution >= 0.6 is 0 Å². The van der Waals surface area contributed by atoms with E-state index in [1.54, 1.807) is 19.6 Å². The number of rotatable bonds is 0. The largest absolute Gasteiger partial charge is 0.346 e. The number of hydrogen-bond donors (Lipinski definition) is 0. The van der Waals surface area contributed by atoms with Crippen molar-refractivity contribution in [1.82, 2.24) is 19.6 Å². The van der Waals surface area contributed by atoms with Crippen molar-refractivity contribution in [3.63, 3.8) is 0 Å². The van der Waals surface area contributed by atoms with Gasteiger partial charge in [-0.25, -0.2) is 4.79 Å². The van der Waals surface area contributed by atoms with Crippen LogP contribution in [0.1, 0.15) is 26.7 Å². The molecule has 4 amide bonds. The highest BCUT2D eigenvalue weighted by Gasteiger charge is 2.24. The van der Waals surface area contributed by atoms with Crippen molar-refractivity contribution in [3.8, 4) is 0 Å². The molecule has 138 valence electrons. The summed E-state index contributed by atoms with van der Waals surface area (Å²) in [6.07, 6.45) is 2.07. The Labute approximate surface area is 145 Å². The van der Waals surface area contributed by atoms with Gasteiger partial charge in [0.25, 0.3) is 0 Å². The van der Waals surface area contributed by atoms with Crippen molar-refractivity contribution in [2.45, 2.75) is 26.7 Å². The maximum absolute atomic E-state index is 10.8. The molecule has 3 saturated heterocycles. The first-order valence-corrected chi connectivity index (χ1v) is 8.61. The number of carbonyl (C=O) groups is 3. The first-order chi connectivity index (χ1) is 11.1. The lowest BCUT2D eigenvalue weighted by atomic mass is 10.1. The monoisotopic (exact) mass is 340 g/mol. The highest BCUT2D eigenvalue weighted by atomic mass is 16.2. The van der Waals surface area contributed by atoms with Crippen LogP contribution in [-0.2, 0) is 9.59 Å². The summed E-state index contributed by atoms with van der Waals surface area (Å²) >= 11 is 0. The normalized spacial score (nSPS) is 26.5. The Morgan fingerprint density at radius 2 is 0.958 bits per heavy atom. The maximum atomic E-state index is 10.8. The smallest absolute Gasteiger partial charge is 0.319 e. The first kappa shape index (κ1) is 20.3. The summed E-state index contributed by atoms with van der Waals surface area (Å²) in [5, 5.41) is 0. The zero-order valence-corrected chi connectivity index (χ0v) is 15.9. The van der Waals surface area contributed by atoms with Gasteiger partial charge < -0.3 is 19.6 Å². The van der Waals surface area contributed by atoms with E-state index in [9.17, 15) is 14.4 Å². The summed E-state index contributed by atoms with van der Waals surface area (Å²) < 4.78 is 0. The van der Waals surface area contributed by atoms with E-state index in [0.717, 1.165) is 39.0 Å². The van der Waals surface area contributed by atoms with Crippen LogP contribution in [0.5, 0.6) is 0 Å². The quantitative estimate of drug-likeness (QED) is 0.660. The van der Waals surface area contributed by atoms with Gasteiger partial charge in [-0.1, -0.05) is 13.8 Å². The van der Waals surface area contributed by atoms with Crippen molar-refractivity contribution in [2.75, 3.05) is 54.4 Å². The van der Waals surface area contributed by atoms with E-state index in [1.807, 2.05) is 42.0 Å². The molecule has 0 aromatic rings. The lowest BCUT2D eigenvalue weighted by Gasteiger charge is -2.07. The molecule has 7 heteroatoms. The van der Waals surface area contributed by atoms with Crippen molar-refractivity contribution >= 4 is 17.8 Å². The van der Waals surface area contributed by atoms with Gasteiger partial charge in [-0.05, 0) is 12.8 Å². The molecule has 7 nitrogen and oxygen atoms in total. The molecule has 0 spiro atoms. The molecule has 0 saturated carbocycles. The Morgan fingerprint density at radius 3 is 1.04 bits per heavy atom. The number of amides is 4. The Kier molecular flexibility index (Phi) is 7.51. The first-order valence-electron chi connectivity index (χ1n) is 8.61. The van der Waals surface area contributed by atoms with Crippen LogP contribution < -0.4 is 0 Å². The van der Waals surface area contributed by atoms with Gasteiger partial charge in [0, 0.05) is 66.2 Å². The lowest BCUT2D eigenvalue weighted by molar-refractivity contribution is -0.130. The summed E-state index contributed by atoms with van der Waals surface area (Å²) in [4.78, 5) is 39.4. The van der Waals surface area contributed by atoms with Crippen LogP contribution in [0.2, 0.25) is 0 Å². The minimum Gasteiger partial charge on any atom is -0.346 e. The third-order valence-corrected chi connectivity index (χ3v) is 4.81. The molecule has 24 heavy (non-hydrogen) atoms. The standard InChI is InChI=1S/2C6H11NO.C5H10N2O/c2*1-5-3-4-7(2)6(5)8;1-6-3-4-7(2)5(6)8/h2*5H,3-4H2,1-2H3;3-4H2,1-2H3. The number of hydrogen-bond acceptors (Lipinski definition) is 3. The Morgan fingerprint density at radius 1 is 0.625 bits per heavy atom. The zero-order valence-electron chi connectivity index (χ0n) is 15.9. The molecular formula is C17H32N4O3. The Balaban J connectivity index is 0.000000180. The predicted octanol–water partition coefficient (Wildman–Crippen LogP) is 0.953. The van der Waals surface area contributed by atoms with Crippen molar-refractivity contribution in [2.24, 2.45) is 11.8 Å². The van der Waals surface area contributed by atoms with E-state index in [0.29, 0.717) is 11.8 Å². The van der Waals surface area contributed by atoms with Crippen LogP contribution in [0.4, 0.5) is 4.79 Å². The molecular weight excluding hydrogens is 308 g/mol. The van der Waals surface area contributed by atoms with E-state index < -0.39 is 0 Å². The van der Waals surface area contributed by atoms with Crippen molar-refractivity contribution in [3.05, 3.63) is 0 Å². The predicted molar refractivity (Wildman–Crippen MR) is 93.5 cm³/mol. The zero-order chi connectivity index (χ0) is 18.4. The van der Waals surface area contributed by atoms with Gasteiger partial charge in [0.05, 0.1) is 0 Å². The van der Waals surface area contributed by atoms with Crippen LogP contribution in [0, 0.1) is 11.8 Å². The minimum absolute atomic E-state index is 0.130. The summed E-state index contributed by atoms with van der Waals surface area (Å²) in [6.45, 7) is 7.59. The van der Waals surface area contributed by atoms with Crippen LogP contribution in [0.15, 0.2) is 0 Å². The van der Waals surface area contributed by atoms with E-state index >= 15 is 0 Å². The van der Waals surface area contributed by atoms with Gasteiger partial charge in [0.2, 0.25) is 11.8 Å². The second-order valence-corrected chi connectivity index (χ2v) is 7.02. The molecule has 0 N–H and O–H groups in total. The van der Waals surface area contributed by atoms with Crippen LogP contribution in [0.25, 0.3) is 0 Å². The van der Waals surface area contributed by atoms with Gasteiger partial charge in [-0.15, -0.1) is 0 Å². The average Bonchev–Trinajstić information content (AvgIpc) is 3.13. The molecule has 0 bridgehead atoms. The number of nitrogens with zero attached hydrogens (tertiary/aromatic N) is 4. The average molecular weight is 340 g/mol. The number of urea groups is 1. The van der Waals surface area contributed by atoms with Gasteiger partial charge >= 0.3 is 6.03 Å². The molecule has 0 aliphatic carbocycles. The minimum atomic E-state index is 0.130. The molecule has 0 aromatic carbocycles. The van der Waals surface area contributed by atoms with Gasteiger partial charge in [-0.3, -0.25) is 9.59 Å². The highest BCUT2D eigenvalue weighted by molar-refractivity contribution is 5.80. The molecule has 3 heterocycles. The second kappa shape index (κ2) is 8.89. The molecule has 3 fully saturated rings. The summed E-state index contributed by atoms with van der Waals surface area (Å²) in [7, 11) is 7.33. The lowest BCUT2D eigenvalue weighted by Crippen LogP contribution is -2.25. The van der Waals surface area contributed by atoms with E-state index in [2.05, 4.69) is 0 Å². The van der Waals surface area contributed by atoms with Gasteiger partial charge in [0.15, 0.2) is 0 Å². The fourth-order valence-corrected chi connectivity index (χ4v) is 2.78. The van der Waals surface area contributed by atoms with Crippen molar-refractivity contribution < 1.29 is 14.4 Å². The number of likely N-dealkylation sites (N-methyl/N-ethyl adjacent to an activating group) is 2. The van der Waals surface area contributed by atoms with Gasteiger partial charge in [-0.2, -0.15) is 0 Å². The fraction of sp³-hybridized carbons (Fsp3) is 0.824. The van der Waals surface area contributed by atoms with E-state index in [-0.39, 0.29) is 17.9 Å². The number of carbonyl (C=O) groups excluding carboxylic acids is 3. The summed E-state index contributed by atoms with van der Waals surface area (Å²) in [6, 6.07) is 0.130. The van der Waals surface area contributed by atoms with Gasteiger partial charge in [0.1, 0.15) is 0 Å². The molecule has 3 rings (SSSR count). The fourth-order valence-electron chi connectivity index (χ4n) is 2.78. The topological polar surface area (TPSA) is 64.2 Å². The third kappa shape index (κ3) is 5.39.